The molecule has 31 heavy (non-hydrogen) atoms. The van der Waals surface area contributed by atoms with Crippen molar-refractivity contribution in [3.05, 3.63) is 75.3 Å². The summed E-state index contributed by atoms with van der Waals surface area (Å²) in [6, 6.07) is 15.9. The SMILES string of the molecule is N#Cc1c(N)nc2c(c1N)C(c1ccc3c(O)cccc3c1O)c1cc(Br)ccc1O2. The molecular formula is C23H15BrN4O3. The first-order chi connectivity index (χ1) is 14.9. The maximum absolute atomic E-state index is 11.2. The van der Waals surface area contributed by atoms with Gasteiger partial charge in [-0.05, 0) is 24.3 Å². The van der Waals surface area contributed by atoms with Crippen molar-refractivity contribution in [3.63, 3.8) is 0 Å². The standard InChI is InChI=1S/C23H15BrN4O3/c24-10-4-7-17-14(8-10)18(19-20(26)15(9-25)22(27)28-23(19)31-17)13-6-5-11-12(21(13)30)2-1-3-16(11)29/h1-8,18,29-30H,(H4,26,27,28). The van der Waals surface area contributed by atoms with Gasteiger partial charge in [-0.3, -0.25) is 0 Å². The summed E-state index contributed by atoms with van der Waals surface area (Å²) >= 11 is 3.49. The fourth-order valence-electron chi connectivity index (χ4n) is 4.08. The summed E-state index contributed by atoms with van der Waals surface area (Å²) in [5, 5.41) is 31.9. The Bertz CT molecular complexity index is 1450. The number of aromatic hydroxyl groups is 2. The number of ether oxygens (including phenoxy) is 1. The van der Waals surface area contributed by atoms with Crippen LogP contribution in [0.25, 0.3) is 10.8 Å². The van der Waals surface area contributed by atoms with Crippen molar-refractivity contribution in [2.24, 2.45) is 0 Å². The molecule has 6 N–H and O–H groups in total. The number of pyridine rings is 1. The van der Waals surface area contributed by atoms with Gasteiger partial charge in [0.05, 0.1) is 11.3 Å². The van der Waals surface area contributed by atoms with Crippen LogP contribution in [0.2, 0.25) is 0 Å². The Morgan fingerprint density at radius 1 is 1.03 bits per heavy atom. The highest BCUT2D eigenvalue weighted by molar-refractivity contribution is 9.10. The lowest BCUT2D eigenvalue weighted by atomic mass is 9.81. The Balaban J connectivity index is 1.88. The van der Waals surface area contributed by atoms with Crippen molar-refractivity contribution in [2.75, 3.05) is 11.5 Å². The van der Waals surface area contributed by atoms with E-state index in [1.54, 1.807) is 36.4 Å². The quantitative estimate of drug-likeness (QED) is 0.275. The van der Waals surface area contributed by atoms with E-state index in [9.17, 15) is 15.5 Å². The molecule has 152 valence electrons. The van der Waals surface area contributed by atoms with E-state index in [-0.39, 0.29) is 34.4 Å². The number of phenolic OH excluding ortho intramolecular Hbond substituents is 2. The number of rotatable bonds is 1. The van der Waals surface area contributed by atoms with E-state index in [1.807, 2.05) is 18.2 Å². The highest BCUT2D eigenvalue weighted by Gasteiger charge is 2.35. The number of nitrogens with two attached hydrogens (primary N) is 2. The van der Waals surface area contributed by atoms with Crippen LogP contribution < -0.4 is 16.2 Å². The highest BCUT2D eigenvalue weighted by atomic mass is 79.9. The molecule has 5 rings (SSSR count). The van der Waals surface area contributed by atoms with Gasteiger partial charge in [0.1, 0.15) is 34.7 Å². The van der Waals surface area contributed by atoms with Crippen LogP contribution in [0.4, 0.5) is 11.5 Å². The molecule has 0 saturated heterocycles. The molecule has 1 aliphatic heterocycles. The first-order valence-corrected chi connectivity index (χ1v) is 10.1. The fraction of sp³-hybridized carbons (Fsp3) is 0.0435. The van der Waals surface area contributed by atoms with Gasteiger partial charge in [-0.2, -0.15) is 10.2 Å². The average molecular weight is 475 g/mol. The summed E-state index contributed by atoms with van der Waals surface area (Å²) in [6.07, 6.45) is 0. The predicted octanol–water partition coefficient (Wildman–Crippen LogP) is 4.73. The molecule has 2 heterocycles. The minimum atomic E-state index is -0.580. The molecule has 8 heteroatoms. The van der Waals surface area contributed by atoms with Gasteiger partial charge >= 0.3 is 0 Å². The number of halogens is 1. The van der Waals surface area contributed by atoms with E-state index in [2.05, 4.69) is 20.9 Å². The second-order valence-electron chi connectivity index (χ2n) is 7.21. The Hall–Kier alpha value is -3.96. The van der Waals surface area contributed by atoms with E-state index < -0.39 is 5.92 Å². The van der Waals surface area contributed by atoms with Crippen LogP contribution >= 0.6 is 15.9 Å². The number of phenols is 2. The minimum Gasteiger partial charge on any atom is -0.507 e. The molecule has 0 amide bonds. The van der Waals surface area contributed by atoms with E-state index in [0.717, 1.165) is 10.0 Å². The van der Waals surface area contributed by atoms with Crippen molar-refractivity contribution in [1.82, 2.24) is 4.98 Å². The summed E-state index contributed by atoms with van der Waals surface area (Å²) in [4.78, 5) is 4.27. The van der Waals surface area contributed by atoms with Crippen LogP contribution in [0, 0.1) is 11.3 Å². The zero-order valence-electron chi connectivity index (χ0n) is 15.9. The molecule has 1 aromatic heterocycles. The summed E-state index contributed by atoms with van der Waals surface area (Å²) in [7, 11) is 0. The van der Waals surface area contributed by atoms with Crippen molar-refractivity contribution in [3.8, 4) is 29.2 Å². The van der Waals surface area contributed by atoms with Crippen molar-refractivity contribution >= 4 is 38.2 Å². The van der Waals surface area contributed by atoms with Gasteiger partial charge in [0.15, 0.2) is 0 Å². The van der Waals surface area contributed by atoms with Gasteiger partial charge in [-0.1, -0.05) is 40.2 Å². The molecule has 0 fully saturated rings. The number of hydrogen-bond donors (Lipinski definition) is 4. The minimum absolute atomic E-state index is 0.00749. The lowest BCUT2D eigenvalue weighted by Crippen LogP contribution is -2.17. The third-order valence-corrected chi connectivity index (χ3v) is 6.00. The smallest absolute Gasteiger partial charge is 0.227 e. The third-order valence-electron chi connectivity index (χ3n) is 5.51. The Kier molecular flexibility index (Phi) is 4.17. The maximum atomic E-state index is 11.2. The van der Waals surface area contributed by atoms with Gasteiger partial charge in [-0.15, -0.1) is 0 Å². The summed E-state index contributed by atoms with van der Waals surface area (Å²) in [6.45, 7) is 0. The topological polar surface area (TPSA) is 138 Å². The predicted molar refractivity (Wildman–Crippen MR) is 120 cm³/mol. The van der Waals surface area contributed by atoms with Crippen LogP contribution in [-0.4, -0.2) is 15.2 Å². The lowest BCUT2D eigenvalue weighted by molar-refractivity contribution is 0.430. The van der Waals surface area contributed by atoms with Crippen molar-refractivity contribution in [2.45, 2.75) is 5.92 Å². The number of hydrogen-bond acceptors (Lipinski definition) is 7. The summed E-state index contributed by atoms with van der Waals surface area (Å²) in [5.41, 5.74) is 14.2. The molecule has 0 radical (unpaired) electrons. The normalized spacial score (nSPS) is 14.4. The number of anilines is 2. The number of fused-ring (bicyclic) bond motifs is 3. The number of aromatic nitrogens is 1. The van der Waals surface area contributed by atoms with Gasteiger partial charge in [-0.25, -0.2) is 0 Å². The third kappa shape index (κ3) is 2.75. The van der Waals surface area contributed by atoms with E-state index >= 15 is 0 Å². The second kappa shape index (κ2) is 6.79. The van der Waals surface area contributed by atoms with E-state index in [1.165, 1.54) is 0 Å². The van der Waals surface area contributed by atoms with Gasteiger partial charge in [0.25, 0.3) is 0 Å². The fourth-order valence-corrected chi connectivity index (χ4v) is 4.46. The molecule has 1 atom stereocenters. The molecule has 0 saturated carbocycles. The first-order valence-electron chi connectivity index (χ1n) is 9.30. The summed E-state index contributed by atoms with van der Waals surface area (Å²) < 4.78 is 6.78. The van der Waals surface area contributed by atoms with Crippen LogP contribution in [0.3, 0.4) is 0 Å². The molecule has 0 spiro atoms. The molecule has 0 aliphatic carbocycles. The monoisotopic (exact) mass is 474 g/mol. The van der Waals surface area contributed by atoms with E-state index in [0.29, 0.717) is 27.6 Å². The molecular weight excluding hydrogens is 460 g/mol. The largest absolute Gasteiger partial charge is 0.507 e. The molecule has 3 aromatic carbocycles. The highest BCUT2D eigenvalue weighted by Crippen LogP contribution is 2.53. The van der Waals surface area contributed by atoms with Crippen molar-refractivity contribution in [1.29, 1.82) is 5.26 Å². The second-order valence-corrected chi connectivity index (χ2v) is 8.12. The Labute approximate surface area is 185 Å². The van der Waals surface area contributed by atoms with Crippen LogP contribution in [0.5, 0.6) is 23.1 Å². The Morgan fingerprint density at radius 2 is 1.84 bits per heavy atom. The number of benzene rings is 3. The zero-order chi connectivity index (χ0) is 21.9. The molecule has 0 bridgehead atoms. The first kappa shape index (κ1) is 19.0. The summed E-state index contributed by atoms with van der Waals surface area (Å²) in [5.74, 6) is 0.174. The molecule has 4 aromatic rings. The van der Waals surface area contributed by atoms with Crippen molar-refractivity contribution < 1.29 is 14.9 Å². The van der Waals surface area contributed by atoms with Gasteiger partial charge in [0, 0.05) is 32.3 Å². The van der Waals surface area contributed by atoms with E-state index in [4.69, 9.17) is 16.2 Å². The van der Waals surface area contributed by atoms with Gasteiger partial charge < -0.3 is 26.4 Å². The zero-order valence-corrected chi connectivity index (χ0v) is 17.5. The lowest BCUT2D eigenvalue weighted by Gasteiger charge is -2.30. The number of nitrogens with zero attached hydrogens (tertiary/aromatic N) is 2. The van der Waals surface area contributed by atoms with Crippen LogP contribution in [0.15, 0.2) is 53.0 Å². The number of nitriles is 1. The van der Waals surface area contributed by atoms with Crippen LogP contribution in [0.1, 0.15) is 28.2 Å². The molecule has 1 aliphatic rings. The molecule has 7 nitrogen and oxygen atoms in total. The average Bonchev–Trinajstić information content (AvgIpc) is 2.74. The maximum Gasteiger partial charge on any atom is 0.227 e. The molecule has 1 unspecified atom stereocenters. The van der Waals surface area contributed by atoms with Crippen LogP contribution in [-0.2, 0) is 0 Å². The van der Waals surface area contributed by atoms with Gasteiger partial charge in [0.2, 0.25) is 5.88 Å². The Morgan fingerprint density at radius 3 is 2.61 bits per heavy atom. The number of nitrogen functional groups attached to an aromatic ring is 2.